The van der Waals surface area contributed by atoms with Gasteiger partial charge in [0.05, 0.1) is 12.5 Å². The van der Waals surface area contributed by atoms with Gasteiger partial charge in [-0.2, -0.15) is 13.2 Å². The van der Waals surface area contributed by atoms with Crippen molar-refractivity contribution in [2.24, 2.45) is 0 Å². The maximum atomic E-state index is 13.7. The van der Waals surface area contributed by atoms with Crippen LogP contribution in [0.1, 0.15) is 42.9 Å². The van der Waals surface area contributed by atoms with Crippen LogP contribution in [0.15, 0.2) is 103 Å². The number of amides is 2. The Morgan fingerprint density at radius 2 is 1.47 bits per heavy atom. The molecule has 0 aliphatic carbocycles. The number of benzene rings is 3. The fourth-order valence-electron chi connectivity index (χ4n) is 4.90. The number of halogens is 3. The second kappa shape index (κ2) is 17.4. The number of aromatic nitrogens is 1. The topological polar surface area (TPSA) is 147 Å². The number of carboxylic acid groups (broad SMARTS) is 1. The van der Waals surface area contributed by atoms with Crippen molar-refractivity contribution < 1.29 is 42.2 Å². The van der Waals surface area contributed by atoms with Crippen LogP contribution in [0.25, 0.3) is 11.1 Å². The molecule has 2 amide bonds. The highest BCUT2D eigenvalue weighted by atomic mass is 19.4. The van der Waals surface area contributed by atoms with Crippen molar-refractivity contribution in [3.05, 3.63) is 114 Å². The number of unbranched alkanes of at least 4 members (excludes halogenated alkanes) is 1. The van der Waals surface area contributed by atoms with Crippen LogP contribution in [-0.2, 0) is 25.6 Å². The van der Waals surface area contributed by atoms with E-state index < -0.39 is 48.4 Å². The average molecular weight is 677 g/mol. The van der Waals surface area contributed by atoms with E-state index in [4.69, 9.17) is 0 Å². The molecule has 0 saturated carbocycles. The smallest absolute Gasteiger partial charge is 0.481 e. The Labute approximate surface area is 280 Å². The fraction of sp³-hybridized carbons (Fsp3) is 0.250. The van der Waals surface area contributed by atoms with E-state index in [0.29, 0.717) is 36.3 Å². The number of rotatable bonds is 16. The third-order valence-electron chi connectivity index (χ3n) is 7.37. The van der Waals surface area contributed by atoms with E-state index in [1.165, 1.54) is 12.1 Å². The molecular formula is C36H35F3N4O6. The van der Waals surface area contributed by atoms with E-state index in [1.54, 1.807) is 24.4 Å². The lowest BCUT2D eigenvalue weighted by Crippen LogP contribution is -2.49. The zero-order valence-corrected chi connectivity index (χ0v) is 26.3. The first kappa shape index (κ1) is 36.1. The molecular weight excluding hydrogens is 641 g/mol. The summed E-state index contributed by atoms with van der Waals surface area (Å²) in [6, 6.07) is 25.0. The number of anilines is 1. The molecule has 4 N–H and O–H groups in total. The third kappa shape index (κ3) is 11.8. The summed E-state index contributed by atoms with van der Waals surface area (Å²) in [7, 11) is 0. The number of aliphatic carboxylic acids is 1. The standard InChI is InChI=1S/C36H35F3N4O6/c37-36(38,39)35(48)49-28-18-12-24(13-19-28)22-30(42-32(44)11-5-7-21-41-31-10-4-6-20-40-31)34(47)43-29(23-33(45)46)27-16-14-26(15-17-27)25-8-2-1-3-9-25/h1-4,6,8-10,12-20,29-30H,5,7,11,21-23H2,(H,40,41)(H,42,44)(H,43,47)(H,45,46)/t29?,30-/m0/s1. The summed E-state index contributed by atoms with van der Waals surface area (Å²) in [6.07, 6.45) is -2.80. The first-order valence-electron chi connectivity index (χ1n) is 15.5. The van der Waals surface area contributed by atoms with Crippen molar-refractivity contribution in [3.8, 4) is 16.9 Å². The van der Waals surface area contributed by atoms with Crippen molar-refractivity contribution in [1.29, 1.82) is 0 Å². The van der Waals surface area contributed by atoms with Crippen molar-refractivity contribution in [3.63, 3.8) is 0 Å². The molecule has 0 saturated heterocycles. The summed E-state index contributed by atoms with van der Waals surface area (Å²) >= 11 is 0. The van der Waals surface area contributed by atoms with Gasteiger partial charge in [0.15, 0.2) is 0 Å². The molecule has 0 bridgehead atoms. The zero-order chi connectivity index (χ0) is 35.2. The van der Waals surface area contributed by atoms with Crippen LogP contribution in [0.4, 0.5) is 19.0 Å². The van der Waals surface area contributed by atoms with Crippen LogP contribution in [0.5, 0.6) is 5.75 Å². The normalized spacial score (nSPS) is 12.3. The van der Waals surface area contributed by atoms with Gasteiger partial charge in [-0.1, -0.05) is 72.8 Å². The number of ether oxygens (including phenoxy) is 1. The number of pyridine rings is 1. The van der Waals surface area contributed by atoms with Gasteiger partial charge in [-0.15, -0.1) is 0 Å². The number of nitrogens with zero attached hydrogens (tertiary/aromatic N) is 1. The van der Waals surface area contributed by atoms with Crippen LogP contribution in [0, 0.1) is 0 Å². The van der Waals surface area contributed by atoms with Gasteiger partial charge < -0.3 is 25.8 Å². The van der Waals surface area contributed by atoms with Crippen molar-refractivity contribution in [2.75, 3.05) is 11.9 Å². The minimum absolute atomic E-state index is 0.0843. The zero-order valence-electron chi connectivity index (χ0n) is 26.3. The Bertz CT molecular complexity index is 1690. The molecule has 0 radical (unpaired) electrons. The van der Waals surface area contributed by atoms with E-state index in [-0.39, 0.29) is 18.6 Å². The highest BCUT2D eigenvalue weighted by Gasteiger charge is 2.41. The predicted molar refractivity (Wildman–Crippen MR) is 175 cm³/mol. The van der Waals surface area contributed by atoms with Crippen LogP contribution >= 0.6 is 0 Å². The molecule has 1 unspecified atom stereocenters. The Morgan fingerprint density at radius 1 is 0.796 bits per heavy atom. The van der Waals surface area contributed by atoms with E-state index in [2.05, 4.69) is 25.7 Å². The van der Waals surface area contributed by atoms with Gasteiger partial charge >= 0.3 is 18.1 Å². The van der Waals surface area contributed by atoms with Crippen LogP contribution in [0.3, 0.4) is 0 Å². The quantitative estimate of drug-likeness (QED) is 0.0656. The van der Waals surface area contributed by atoms with Crippen molar-refractivity contribution in [2.45, 2.75) is 50.4 Å². The number of carbonyl (C=O) groups excluding carboxylic acids is 3. The summed E-state index contributed by atoms with van der Waals surface area (Å²) in [5, 5.41) is 18.2. The molecule has 0 aliphatic heterocycles. The van der Waals surface area contributed by atoms with Crippen LogP contribution in [0.2, 0.25) is 0 Å². The lowest BCUT2D eigenvalue weighted by Gasteiger charge is -2.23. The molecule has 49 heavy (non-hydrogen) atoms. The fourth-order valence-corrected chi connectivity index (χ4v) is 4.90. The van der Waals surface area contributed by atoms with Crippen LogP contribution < -0.4 is 20.7 Å². The Hall–Kier alpha value is -5.72. The van der Waals surface area contributed by atoms with E-state index >= 15 is 0 Å². The van der Waals surface area contributed by atoms with Crippen molar-refractivity contribution in [1.82, 2.24) is 15.6 Å². The first-order chi connectivity index (χ1) is 23.5. The summed E-state index contributed by atoms with van der Waals surface area (Å²) in [6.45, 7) is 0.569. The summed E-state index contributed by atoms with van der Waals surface area (Å²) in [4.78, 5) is 53.8. The van der Waals surface area contributed by atoms with Gasteiger partial charge in [0.25, 0.3) is 0 Å². The molecule has 4 rings (SSSR count). The Morgan fingerprint density at radius 3 is 2.10 bits per heavy atom. The van der Waals surface area contributed by atoms with Gasteiger partial charge in [0, 0.05) is 25.6 Å². The number of hydrogen-bond donors (Lipinski definition) is 4. The van der Waals surface area contributed by atoms with Crippen molar-refractivity contribution >= 4 is 29.6 Å². The van der Waals surface area contributed by atoms with Gasteiger partial charge in [-0.25, -0.2) is 9.78 Å². The highest BCUT2D eigenvalue weighted by Crippen LogP contribution is 2.24. The number of nitrogens with one attached hydrogen (secondary N) is 3. The highest BCUT2D eigenvalue weighted by molar-refractivity contribution is 5.88. The molecule has 0 spiro atoms. The molecule has 1 heterocycles. The average Bonchev–Trinajstić information content (AvgIpc) is 3.08. The van der Waals surface area contributed by atoms with Gasteiger partial charge in [0.1, 0.15) is 17.6 Å². The van der Waals surface area contributed by atoms with E-state index in [9.17, 15) is 37.5 Å². The molecule has 13 heteroatoms. The number of hydrogen-bond acceptors (Lipinski definition) is 7. The second-order valence-corrected chi connectivity index (χ2v) is 11.1. The molecule has 0 fully saturated rings. The third-order valence-corrected chi connectivity index (χ3v) is 7.37. The molecule has 10 nitrogen and oxygen atoms in total. The molecule has 0 aliphatic rings. The lowest BCUT2D eigenvalue weighted by molar-refractivity contribution is -0.189. The largest absolute Gasteiger partial charge is 0.491 e. The maximum Gasteiger partial charge on any atom is 0.491 e. The minimum Gasteiger partial charge on any atom is -0.481 e. The predicted octanol–water partition coefficient (Wildman–Crippen LogP) is 5.86. The summed E-state index contributed by atoms with van der Waals surface area (Å²) in [5.41, 5.74) is 2.84. The number of alkyl halides is 3. The number of carboxylic acids is 1. The molecule has 2 atom stereocenters. The monoisotopic (exact) mass is 676 g/mol. The van der Waals surface area contributed by atoms with E-state index in [0.717, 1.165) is 23.3 Å². The van der Waals surface area contributed by atoms with Gasteiger partial charge in [0.2, 0.25) is 11.8 Å². The van der Waals surface area contributed by atoms with Crippen LogP contribution in [-0.4, -0.2) is 52.6 Å². The second-order valence-electron chi connectivity index (χ2n) is 11.1. The maximum absolute atomic E-state index is 13.7. The number of carbonyl (C=O) groups is 4. The molecule has 256 valence electrons. The minimum atomic E-state index is -5.17. The Kier molecular flexibility index (Phi) is 12.9. The molecule has 1 aromatic heterocycles. The van der Waals surface area contributed by atoms with Gasteiger partial charge in [-0.05, 0) is 59.4 Å². The lowest BCUT2D eigenvalue weighted by atomic mass is 9.98. The molecule has 4 aromatic rings. The Balaban J connectivity index is 1.45. The van der Waals surface area contributed by atoms with Gasteiger partial charge in [-0.3, -0.25) is 14.4 Å². The number of esters is 1. The van der Waals surface area contributed by atoms with E-state index in [1.807, 2.05) is 54.6 Å². The summed E-state index contributed by atoms with van der Waals surface area (Å²) in [5.74, 6) is -4.25. The SMILES string of the molecule is O=C(O)CC(NC(=O)[C@H](Cc1ccc(OC(=O)C(F)(F)F)cc1)NC(=O)CCCCNc1ccccn1)c1ccc(-c2ccccc2)cc1. The summed E-state index contributed by atoms with van der Waals surface area (Å²) < 4.78 is 42.2. The first-order valence-corrected chi connectivity index (χ1v) is 15.5. The molecule has 3 aromatic carbocycles.